The second kappa shape index (κ2) is 7.10. The zero-order valence-electron chi connectivity index (χ0n) is 12.9. The smallest absolute Gasteiger partial charge is 0.289 e. The van der Waals surface area contributed by atoms with Crippen LogP contribution >= 0.6 is 0 Å². The van der Waals surface area contributed by atoms with E-state index in [2.05, 4.69) is 30.2 Å². The molecule has 0 aliphatic carbocycles. The van der Waals surface area contributed by atoms with Crippen molar-refractivity contribution in [1.82, 2.24) is 25.3 Å². The molecular formula is C15H18N6O2. The number of hydrogen-bond donors (Lipinski definition) is 1. The van der Waals surface area contributed by atoms with Crippen molar-refractivity contribution >= 4 is 11.7 Å². The summed E-state index contributed by atoms with van der Waals surface area (Å²) < 4.78 is 5.35. The normalized spacial score (nSPS) is 14.6. The Morgan fingerprint density at radius 2 is 2.00 bits per heavy atom. The molecule has 23 heavy (non-hydrogen) atoms. The average molecular weight is 314 g/mol. The van der Waals surface area contributed by atoms with E-state index in [1.54, 1.807) is 6.07 Å². The molecule has 0 saturated carbocycles. The summed E-state index contributed by atoms with van der Waals surface area (Å²) >= 11 is 0. The summed E-state index contributed by atoms with van der Waals surface area (Å²) in [7, 11) is 0. The zero-order chi connectivity index (χ0) is 16.1. The molecule has 1 amide bonds. The Bertz CT molecular complexity index is 673. The van der Waals surface area contributed by atoms with Gasteiger partial charge < -0.3 is 15.0 Å². The van der Waals surface area contributed by atoms with Crippen LogP contribution in [0.4, 0.5) is 5.82 Å². The number of carbonyl (C=O) groups is 1. The third kappa shape index (κ3) is 3.98. The number of hydrogen-bond acceptors (Lipinski definition) is 7. The van der Waals surface area contributed by atoms with Crippen molar-refractivity contribution < 1.29 is 9.53 Å². The molecular weight excluding hydrogens is 296 g/mol. The first-order valence-electron chi connectivity index (χ1n) is 7.45. The number of morpholine rings is 1. The van der Waals surface area contributed by atoms with Crippen molar-refractivity contribution in [3.63, 3.8) is 0 Å². The van der Waals surface area contributed by atoms with Gasteiger partial charge in [0.2, 0.25) is 5.82 Å². The number of carbonyl (C=O) groups excluding carboxylic acids is 1. The number of aryl methyl sites for hydroxylation is 1. The van der Waals surface area contributed by atoms with Gasteiger partial charge in [0.25, 0.3) is 5.91 Å². The van der Waals surface area contributed by atoms with Crippen molar-refractivity contribution in [2.24, 2.45) is 0 Å². The molecule has 1 N–H and O–H groups in total. The number of rotatable bonds is 4. The fourth-order valence-electron chi connectivity index (χ4n) is 2.30. The van der Waals surface area contributed by atoms with Crippen LogP contribution in [0, 0.1) is 6.92 Å². The van der Waals surface area contributed by atoms with Gasteiger partial charge in [-0.1, -0.05) is 0 Å². The molecule has 0 bridgehead atoms. The van der Waals surface area contributed by atoms with Gasteiger partial charge in [0.05, 0.1) is 19.8 Å². The minimum Gasteiger partial charge on any atom is -0.378 e. The maximum atomic E-state index is 12.0. The Morgan fingerprint density at radius 3 is 2.74 bits per heavy atom. The molecule has 8 nitrogen and oxygen atoms in total. The van der Waals surface area contributed by atoms with Crippen LogP contribution in [0.15, 0.2) is 24.5 Å². The number of nitrogens with one attached hydrogen (secondary N) is 1. The summed E-state index contributed by atoms with van der Waals surface area (Å²) in [5.74, 6) is 1.22. The molecule has 0 aromatic carbocycles. The molecule has 1 aliphatic rings. The first-order valence-corrected chi connectivity index (χ1v) is 7.45. The van der Waals surface area contributed by atoms with E-state index in [0.29, 0.717) is 19.0 Å². The van der Waals surface area contributed by atoms with Gasteiger partial charge in [-0.25, -0.2) is 19.9 Å². The van der Waals surface area contributed by atoms with E-state index in [0.717, 1.165) is 24.6 Å². The molecule has 2 aromatic heterocycles. The summed E-state index contributed by atoms with van der Waals surface area (Å²) in [6, 6.07) is 3.60. The first kappa shape index (κ1) is 15.3. The van der Waals surface area contributed by atoms with Crippen LogP contribution in [0.5, 0.6) is 0 Å². The highest BCUT2D eigenvalue weighted by Gasteiger charge is 2.15. The van der Waals surface area contributed by atoms with Crippen molar-refractivity contribution in [3.05, 3.63) is 41.9 Å². The van der Waals surface area contributed by atoms with Gasteiger partial charge in [-0.2, -0.15) is 0 Å². The Kier molecular flexibility index (Phi) is 4.72. The van der Waals surface area contributed by atoms with Crippen molar-refractivity contribution in [2.75, 3.05) is 31.2 Å². The molecule has 3 rings (SSSR count). The second-order valence-electron chi connectivity index (χ2n) is 5.14. The topological polar surface area (TPSA) is 93.1 Å². The molecule has 120 valence electrons. The molecule has 0 spiro atoms. The molecule has 0 unspecified atom stereocenters. The predicted molar refractivity (Wildman–Crippen MR) is 83.0 cm³/mol. The van der Waals surface area contributed by atoms with Crippen LogP contribution in [-0.2, 0) is 11.3 Å². The lowest BCUT2D eigenvalue weighted by molar-refractivity contribution is 0.0939. The number of nitrogens with zero attached hydrogens (tertiary/aromatic N) is 5. The Hall–Kier alpha value is -2.61. The molecule has 1 aliphatic heterocycles. The highest BCUT2D eigenvalue weighted by molar-refractivity contribution is 5.90. The van der Waals surface area contributed by atoms with Gasteiger partial charge in [-0.3, -0.25) is 4.79 Å². The molecule has 0 radical (unpaired) electrons. The lowest BCUT2D eigenvalue weighted by Crippen LogP contribution is -2.37. The van der Waals surface area contributed by atoms with E-state index in [9.17, 15) is 4.79 Å². The quantitative estimate of drug-likeness (QED) is 0.870. The van der Waals surface area contributed by atoms with E-state index in [4.69, 9.17) is 4.74 Å². The monoisotopic (exact) mass is 314 g/mol. The van der Waals surface area contributed by atoms with E-state index < -0.39 is 0 Å². The third-order valence-corrected chi connectivity index (χ3v) is 3.40. The van der Waals surface area contributed by atoms with E-state index >= 15 is 0 Å². The van der Waals surface area contributed by atoms with Crippen LogP contribution in [0.1, 0.15) is 22.1 Å². The molecule has 2 aromatic rings. The van der Waals surface area contributed by atoms with Crippen LogP contribution in [0.2, 0.25) is 0 Å². The highest BCUT2D eigenvalue weighted by atomic mass is 16.5. The van der Waals surface area contributed by atoms with Crippen molar-refractivity contribution in [3.8, 4) is 0 Å². The summed E-state index contributed by atoms with van der Waals surface area (Å²) in [4.78, 5) is 30.9. The second-order valence-corrected chi connectivity index (χ2v) is 5.14. The number of ether oxygens (including phenoxy) is 1. The molecule has 8 heteroatoms. The lowest BCUT2D eigenvalue weighted by atomic mass is 10.3. The predicted octanol–water partition coefficient (Wildman–Crippen LogP) is 0.342. The largest absolute Gasteiger partial charge is 0.378 e. The van der Waals surface area contributed by atoms with Crippen molar-refractivity contribution in [1.29, 1.82) is 0 Å². The van der Waals surface area contributed by atoms with Gasteiger partial charge in [-0.05, 0) is 13.0 Å². The zero-order valence-corrected chi connectivity index (χ0v) is 12.9. The number of anilines is 1. The fraction of sp³-hybridized carbons (Fsp3) is 0.400. The fourth-order valence-corrected chi connectivity index (χ4v) is 2.30. The standard InChI is InChI=1S/C15H18N6O2/c1-11-9-13(21-5-7-23-8-6-21)20-12(19-11)10-18-15(22)14-16-3-2-4-17-14/h2-4,9H,5-8,10H2,1H3,(H,18,22). The van der Waals surface area contributed by atoms with Gasteiger partial charge in [0, 0.05) is 37.2 Å². The summed E-state index contributed by atoms with van der Waals surface area (Å²) in [5.41, 5.74) is 0.863. The van der Waals surface area contributed by atoms with Crippen LogP contribution < -0.4 is 10.2 Å². The third-order valence-electron chi connectivity index (χ3n) is 3.40. The van der Waals surface area contributed by atoms with Crippen LogP contribution in [0.25, 0.3) is 0 Å². The van der Waals surface area contributed by atoms with E-state index in [1.165, 1.54) is 12.4 Å². The Morgan fingerprint density at radius 1 is 1.26 bits per heavy atom. The van der Waals surface area contributed by atoms with Gasteiger partial charge in [0.15, 0.2) is 0 Å². The summed E-state index contributed by atoms with van der Waals surface area (Å²) in [5, 5.41) is 2.74. The molecule has 1 fully saturated rings. The molecule has 3 heterocycles. The maximum absolute atomic E-state index is 12.0. The van der Waals surface area contributed by atoms with Gasteiger partial charge in [0.1, 0.15) is 11.6 Å². The Labute approximate surface area is 134 Å². The minimum absolute atomic E-state index is 0.133. The van der Waals surface area contributed by atoms with Gasteiger partial charge in [-0.15, -0.1) is 0 Å². The maximum Gasteiger partial charge on any atom is 0.289 e. The number of aromatic nitrogens is 4. The van der Waals surface area contributed by atoms with Crippen LogP contribution in [0.3, 0.4) is 0 Å². The lowest BCUT2D eigenvalue weighted by Gasteiger charge is -2.28. The minimum atomic E-state index is -0.344. The number of amides is 1. The van der Waals surface area contributed by atoms with E-state index in [-0.39, 0.29) is 18.3 Å². The molecule has 1 saturated heterocycles. The van der Waals surface area contributed by atoms with Gasteiger partial charge >= 0.3 is 0 Å². The highest BCUT2D eigenvalue weighted by Crippen LogP contribution is 2.14. The molecule has 0 atom stereocenters. The Balaban J connectivity index is 1.68. The summed E-state index contributed by atoms with van der Waals surface area (Å²) in [6.45, 7) is 5.15. The van der Waals surface area contributed by atoms with Crippen LogP contribution in [-0.4, -0.2) is 52.1 Å². The average Bonchev–Trinajstić information content (AvgIpc) is 2.61. The summed E-state index contributed by atoms with van der Waals surface area (Å²) in [6.07, 6.45) is 3.06. The van der Waals surface area contributed by atoms with E-state index in [1.807, 2.05) is 13.0 Å². The SMILES string of the molecule is Cc1cc(N2CCOCC2)nc(CNC(=O)c2ncccn2)n1. The van der Waals surface area contributed by atoms with Crippen molar-refractivity contribution in [2.45, 2.75) is 13.5 Å². The first-order chi connectivity index (χ1) is 11.2.